The number of hydrogen-bond acceptors (Lipinski definition) is 2. The zero-order valence-electron chi connectivity index (χ0n) is 10.1. The first-order chi connectivity index (χ1) is 7.96. The summed E-state index contributed by atoms with van der Waals surface area (Å²) in [6.07, 6.45) is 1.51. The summed E-state index contributed by atoms with van der Waals surface area (Å²) in [4.78, 5) is 0. The summed E-state index contributed by atoms with van der Waals surface area (Å²) < 4.78 is 43.9. The van der Waals surface area contributed by atoms with E-state index in [0.717, 1.165) is 25.0 Å². The largest absolute Gasteiger partial charge is 0.328 e. The third-order valence-corrected chi connectivity index (χ3v) is 3.99. The lowest BCUT2D eigenvalue weighted by atomic mass is 10.2. The quantitative estimate of drug-likeness (QED) is 0.567. The molecular weight excluding hydrogens is 245 g/mol. The van der Waals surface area contributed by atoms with Crippen LogP contribution in [0.4, 0.5) is 8.78 Å². The summed E-state index contributed by atoms with van der Waals surface area (Å²) >= 11 is 0. The van der Waals surface area contributed by atoms with Crippen molar-refractivity contribution in [3.05, 3.63) is 35.4 Å². The SMILES string of the molecule is CCCCOP(C)(=O)Cc1c(F)cccc1F. The van der Waals surface area contributed by atoms with Gasteiger partial charge in [0.2, 0.25) is 7.37 Å². The van der Waals surface area contributed by atoms with E-state index in [9.17, 15) is 13.3 Å². The predicted octanol–water partition coefficient (Wildman–Crippen LogP) is 4.19. The molecule has 0 saturated heterocycles. The van der Waals surface area contributed by atoms with Gasteiger partial charge in [-0.05, 0) is 18.6 Å². The normalized spacial score (nSPS) is 14.6. The fraction of sp³-hybridized carbons (Fsp3) is 0.500. The second-order valence-electron chi connectivity index (χ2n) is 4.06. The first kappa shape index (κ1) is 14.3. The molecule has 1 atom stereocenters. The molecule has 0 saturated carbocycles. The van der Waals surface area contributed by atoms with E-state index in [1.807, 2.05) is 6.92 Å². The van der Waals surface area contributed by atoms with Crippen LogP contribution in [-0.2, 0) is 15.3 Å². The second kappa shape index (κ2) is 6.27. The zero-order chi connectivity index (χ0) is 12.9. The second-order valence-corrected chi connectivity index (χ2v) is 6.66. The Labute approximate surface area is 100 Å². The van der Waals surface area contributed by atoms with Gasteiger partial charge in [-0.3, -0.25) is 4.57 Å². The molecule has 0 bridgehead atoms. The van der Waals surface area contributed by atoms with Gasteiger partial charge in [-0.25, -0.2) is 8.78 Å². The van der Waals surface area contributed by atoms with Gasteiger partial charge in [0, 0.05) is 12.2 Å². The van der Waals surface area contributed by atoms with Crippen LogP contribution >= 0.6 is 7.37 Å². The summed E-state index contributed by atoms with van der Waals surface area (Å²) in [5, 5.41) is 0. The zero-order valence-corrected chi connectivity index (χ0v) is 11.0. The van der Waals surface area contributed by atoms with E-state index in [-0.39, 0.29) is 11.7 Å². The molecule has 1 rings (SSSR count). The van der Waals surface area contributed by atoms with Gasteiger partial charge in [0.15, 0.2) is 0 Å². The van der Waals surface area contributed by atoms with Crippen molar-refractivity contribution >= 4 is 7.37 Å². The fourth-order valence-electron chi connectivity index (χ4n) is 1.42. The first-order valence-electron chi connectivity index (χ1n) is 5.60. The summed E-state index contributed by atoms with van der Waals surface area (Å²) in [7, 11) is -2.98. The van der Waals surface area contributed by atoms with Crippen molar-refractivity contribution in [3.8, 4) is 0 Å². The molecule has 5 heteroatoms. The van der Waals surface area contributed by atoms with Crippen LogP contribution in [0.1, 0.15) is 25.3 Å². The Balaban J connectivity index is 2.72. The molecule has 1 aromatic carbocycles. The van der Waals surface area contributed by atoms with E-state index >= 15 is 0 Å². The van der Waals surface area contributed by atoms with Crippen LogP contribution in [-0.4, -0.2) is 13.3 Å². The number of benzene rings is 1. The van der Waals surface area contributed by atoms with Gasteiger partial charge in [-0.2, -0.15) is 0 Å². The van der Waals surface area contributed by atoms with Crippen molar-refractivity contribution in [1.82, 2.24) is 0 Å². The third-order valence-electron chi connectivity index (χ3n) is 2.37. The topological polar surface area (TPSA) is 26.3 Å². The minimum atomic E-state index is -2.98. The van der Waals surface area contributed by atoms with E-state index in [1.54, 1.807) is 0 Å². The lowest BCUT2D eigenvalue weighted by Gasteiger charge is -2.14. The lowest BCUT2D eigenvalue weighted by molar-refractivity contribution is 0.308. The van der Waals surface area contributed by atoms with Crippen molar-refractivity contribution in [3.63, 3.8) is 0 Å². The summed E-state index contributed by atoms with van der Waals surface area (Å²) in [5.74, 6) is -1.35. The highest BCUT2D eigenvalue weighted by atomic mass is 31.2. The Morgan fingerprint density at radius 2 is 1.88 bits per heavy atom. The standard InChI is InChI=1S/C12H17F2O2P/c1-3-4-8-16-17(2,15)9-10-11(13)6-5-7-12(10)14/h5-7H,3-4,8-9H2,1-2H3. The predicted molar refractivity (Wildman–Crippen MR) is 64.5 cm³/mol. The van der Waals surface area contributed by atoms with Crippen molar-refractivity contribution in [2.24, 2.45) is 0 Å². The maximum Gasteiger partial charge on any atom is 0.204 e. The molecule has 0 radical (unpaired) electrons. The van der Waals surface area contributed by atoms with Crippen molar-refractivity contribution in [2.45, 2.75) is 25.9 Å². The molecule has 2 nitrogen and oxygen atoms in total. The Morgan fingerprint density at radius 3 is 2.41 bits per heavy atom. The molecule has 0 heterocycles. The molecule has 1 aromatic rings. The van der Waals surface area contributed by atoms with E-state index in [4.69, 9.17) is 4.52 Å². The Hall–Kier alpha value is -0.730. The molecule has 0 aliphatic rings. The minimum absolute atomic E-state index is 0.158. The lowest BCUT2D eigenvalue weighted by Crippen LogP contribution is -2.00. The Kier molecular flexibility index (Phi) is 5.29. The number of unbranched alkanes of at least 4 members (excludes halogenated alkanes) is 1. The minimum Gasteiger partial charge on any atom is -0.328 e. The van der Waals surface area contributed by atoms with E-state index in [1.165, 1.54) is 12.7 Å². The maximum absolute atomic E-state index is 13.4. The Bertz CT molecular complexity index is 401. The van der Waals surface area contributed by atoms with Crippen LogP contribution in [0.2, 0.25) is 0 Å². The van der Waals surface area contributed by atoms with Gasteiger partial charge < -0.3 is 4.52 Å². The van der Waals surface area contributed by atoms with E-state index in [0.29, 0.717) is 6.61 Å². The van der Waals surface area contributed by atoms with E-state index in [2.05, 4.69) is 0 Å². The molecule has 0 aliphatic carbocycles. The van der Waals surface area contributed by atoms with Gasteiger partial charge in [-0.15, -0.1) is 0 Å². The highest BCUT2D eigenvalue weighted by Gasteiger charge is 2.21. The number of rotatable bonds is 6. The van der Waals surface area contributed by atoms with Crippen LogP contribution < -0.4 is 0 Å². The van der Waals surface area contributed by atoms with Crippen LogP contribution in [0.15, 0.2) is 18.2 Å². The van der Waals surface area contributed by atoms with Gasteiger partial charge >= 0.3 is 0 Å². The molecule has 0 aliphatic heterocycles. The van der Waals surface area contributed by atoms with Crippen molar-refractivity contribution in [1.29, 1.82) is 0 Å². The van der Waals surface area contributed by atoms with Crippen LogP contribution in [0.3, 0.4) is 0 Å². The average Bonchev–Trinajstić information content (AvgIpc) is 2.24. The summed E-state index contributed by atoms with van der Waals surface area (Å²) in [6, 6.07) is 3.60. The van der Waals surface area contributed by atoms with Crippen molar-refractivity contribution in [2.75, 3.05) is 13.3 Å². The molecule has 0 fully saturated rings. The number of halogens is 2. The molecule has 0 aromatic heterocycles. The fourth-order valence-corrected chi connectivity index (χ4v) is 2.90. The highest BCUT2D eigenvalue weighted by Crippen LogP contribution is 2.47. The molecule has 1 unspecified atom stereocenters. The van der Waals surface area contributed by atoms with E-state index < -0.39 is 19.0 Å². The van der Waals surface area contributed by atoms with Crippen molar-refractivity contribution < 1.29 is 17.9 Å². The monoisotopic (exact) mass is 262 g/mol. The summed E-state index contributed by atoms with van der Waals surface area (Å²) in [6.45, 7) is 3.76. The molecular formula is C12H17F2O2P. The average molecular weight is 262 g/mol. The van der Waals surface area contributed by atoms with Crippen LogP contribution in [0.25, 0.3) is 0 Å². The smallest absolute Gasteiger partial charge is 0.204 e. The Morgan fingerprint density at radius 1 is 1.29 bits per heavy atom. The molecule has 0 amide bonds. The van der Waals surface area contributed by atoms with Gasteiger partial charge in [0.1, 0.15) is 11.6 Å². The van der Waals surface area contributed by atoms with Crippen LogP contribution in [0, 0.1) is 11.6 Å². The highest BCUT2D eigenvalue weighted by molar-refractivity contribution is 7.57. The molecule has 17 heavy (non-hydrogen) atoms. The number of hydrogen-bond donors (Lipinski definition) is 0. The maximum atomic E-state index is 13.4. The molecule has 0 spiro atoms. The molecule has 96 valence electrons. The van der Waals surface area contributed by atoms with Crippen LogP contribution in [0.5, 0.6) is 0 Å². The van der Waals surface area contributed by atoms with Gasteiger partial charge in [-0.1, -0.05) is 19.4 Å². The van der Waals surface area contributed by atoms with Gasteiger partial charge in [0.05, 0.1) is 12.8 Å². The first-order valence-corrected chi connectivity index (χ1v) is 7.86. The third kappa shape index (κ3) is 4.57. The molecule has 0 N–H and O–H groups in total. The van der Waals surface area contributed by atoms with Gasteiger partial charge in [0.25, 0.3) is 0 Å². The summed E-state index contributed by atoms with van der Waals surface area (Å²) in [5.41, 5.74) is -0.158.